The average Bonchev–Trinajstić information content (AvgIpc) is 2.11. The van der Waals surface area contributed by atoms with Gasteiger partial charge in [-0.15, -0.1) is 0 Å². The maximum Gasteiger partial charge on any atom is 0.224 e. The second-order valence-electron chi connectivity index (χ2n) is 2.34. The molecule has 1 rings (SSSR count). The molecular formula is C7H9BrClN3O. The molecule has 0 bridgehead atoms. The molecule has 0 aliphatic rings. The van der Waals surface area contributed by atoms with Crippen molar-refractivity contribution in [2.24, 2.45) is 0 Å². The van der Waals surface area contributed by atoms with Gasteiger partial charge < -0.3 is 10.4 Å². The summed E-state index contributed by atoms with van der Waals surface area (Å²) in [7, 11) is 0. The minimum atomic E-state index is 0.156. The van der Waals surface area contributed by atoms with Crippen LogP contribution < -0.4 is 5.32 Å². The van der Waals surface area contributed by atoms with Crippen molar-refractivity contribution in [3.05, 3.63) is 16.0 Å². The molecule has 0 radical (unpaired) electrons. The summed E-state index contributed by atoms with van der Waals surface area (Å²) in [5.41, 5.74) is 0. The molecule has 4 nitrogen and oxygen atoms in total. The molecule has 1 aromatic heterocycles. The van der Waals surface area contributed by atoms with Crippen molar-refractivity contribution >= 4 is 33.3 Å². The van der Waals surface area contributed by atoms with Gasteiger partial charge in [0.05, 0.1) is 4.47 Å². The van der Waals surface area contributed by atoms with Crippen molar-refractivity contribution in [2.75, 3.05) is 18.5 Å². The Morgan fingerprint density at radius 1 is 1.62 bits per heavy atom. The molecule has 72 valence electrons. The summed E-state index contributed by atoms with van der Waals surface area (Å²) in [5.74, 6) is 0.647. The summed E-state index contributed by atoms with van der Waals surface area (Å²) in [6, 6.07) is 0. The number of aliphatic hydroxyl groups is 1. The van der Waals surface area contributed by atoms with Crippen LogP contribution in [0.4, 0.5) is 5.82 Å². The lowest BCUT2D eigenvalue weighted by Gasteiger charge is -2.05. The van der Waals surface area contributed by atoms with Crippen LogP contribution in [0.1, 0.15) is 6.42 Å². The number of aliphatic hydroxyl groups excluding tert-OH is 1. The Balaban J connectivity index is 2.59. The summed E-state index contributed by atoms with van der Waals surface area (Å²) in [6.07, 6.45) is 2.25. The lowest BCUT2D eigenvalue weighted by molar-refractivity contribution is 0.292. The van der Waals surface area contributed by atoms with Gasteiger partial charge in [-0.2, -0.15) is 4.98 Å². The van der Waals surface area contributed by atoms with Crippen molar-refractivity contribution in [1.29, 1.82) is 0 Å². The number of rotatable bonds is 4. The third kappa shape index (κ3) is 3.46. The van der Waals surface area contributed by atoms with Crippen molar-refractivity contribution < 1.29 is 5.11 Å². The van der Waals surface area contributed by atoms with Crippen LogP contribution in [0.5, 0.6) is 0 Å². The van der Waals surface area contributed by atoms with Gasteiger partial charge in [0.2, 0.25) is 5.28 Å². The summed E-state index contributed by atoms with van der Waals surface area (Å²) in [5, 5.41) is 11.8. The van der Waals surface area contributed by atoms with Crippen LogP contribution in [-0.2, 0) is 0 Å². The van der Waals surface area contributed by atoms with Crippen molar-refractivity contribution in [3.63, 3.8) is 0 Å². The van der Waals surface area contributed by atoms with Crippen LogP contribution in [0, 0.1) is 0 Å². The minimum absolute atomic E-state index is 0.156. The summed E-state index contributed by atoms with van der Waals surface area (Å²) < 4.78 is 0.759. The summed E-state index contributed by atoms with van der Waals surface area (Å²) in [4.78, 5) is 7.74. The molecule has 0 unspecified atom stereocenters. The van der Waals surface area contributed by atoms with Crippen LogP contribution in [0.15, 0.2) is 10.7 Å². The maximum absolute atomic E-state index is 8.56. The maximum atomic E-state index is 8.56. The fourth-order valence-electron chi connectivity index (χ4n) is 0.755. The van der Waals surface area contributed by atoms with Crippen LogP contribution >= 0.6 is 27.5 Å². The topological polar surface area (TPSA) is 58.0 Å². The molecule has 2 N–H and O–H groups in total. The minimum Gasteiger partial charge on any atom is -0.396 e. The molecule has 0 amide bonds. The quantitative estimate of drug-likeness (QED) is 0.643. The SMILES string of the molecule is OCCCNc1nc(Cl)ncc1Br. The molecule has 0 saturated carbocycles. The van der Waals surface area contributed by atoms with Crippen LogP contribution in [0.25, 0.3) is 0 Å². The number of hydrogen-bond donors (Lipinski definition) is 2. The molecule has 0 aliphatic carbocycles. The zero-order chi connectivity index (χ0) is 9.68. The Bertz CT molecular complexity index is 284. The van der Waals surface area contributed by atoms with E-state index in [2.05, 4.69) is 31.2 Å². The van der Waals surface area contributed by atoms with Gasteiger partial charge in [0.15, 0.2) is 0 Å². The molecule has 0 saturated heterocycles. The third-order valence-electron chi connectivity index (χ3n) is 1.34. The van der Waals surface area contributed by atoms with Crippen LogP contribution in [0.2, 0.25) is 5.28 Å². The highest BCUT2D eigenvalue weighted by molar-refractivity contribution is 9.10. The van der Waals surface area contributed by atoms with Crippen LogP contribution in [-0.4, -0.2) is 28.2 Å². The zero-order valence-corrected chi connectivity index (χ0v) is 9.14. The lowest BCUT2D eigenvalue weighted by atomic mass is 10.4. The van der Waals surface area contributed by atoms with E-state index in [0.717, 1.165) is 4.47 Å². The van der Waals surface area contributed by atoms with Crippen molar-refractivity contribution in [1.82, 2.24) is 9.97 Å². The van der Waals surface area contributed by atoms with Gasteiger partial charge in [0, 0.05) is 19.3 Å². The van der Waals surface area contributed by atoms with E-state index in [1.807, 2.05) is 0 Å². The Labute approximate surface area is 89.5 Å². The fraction of sp³-hybridized carbons (Fsp3) is 0.429. The van der Waals surface area contributed by atoms with E-state index in [1.165, 1.54) is 0 Å². The summed E-state index contributed by atoms with van der Waals surface area (Å²) in [6.45, 7) is 0.811. The zero-order valence-electron chi connectivity index (χ0n) is 6.80. The average molecular weight is 267 g/mol. The second kappa shape index (κ2) is 5.36. The molecule has 0 aromatic carbocycles. The van der Waals surface area contributed by atoms with E-state index < -0.39 is 0 Å². The highest BCUT2D eigenvalue weighted by atomic mass is 79.9. The number of halogens is 2. The lowest BCUT2D eigenvalue weighted by Crippen LogP contribution is -2.06. The van der Waals surface area contributed by atoms with Crippen LogP contribution in [0.3, 0.4) is 0 Å². The molecule has 1 aromatic rings. The highest BCUT2D eigenvalue weighted by Crippen LogP contribution is 2.19. The predicted octanol–water partition coefficient (Wildman–Crippen LogP) is 1.69. The third-order valence-corrected chi connectivity index (χ3v) is 2.10. The predicted molar refractivity (Wildman–Crippen MR) is 54.9 cm³/mol. The first kappa shape index (κ1) is 10.7. The molecule has 0 aliphatic heterocycles. The number of anilines is 1. The molecule has 13 heavy (non-hydrogen) atoms. The number of nitrogens with zero attached hydrogens (tertiary/aromatic N) is 2. The Hall–Kier alpha value is -0.390. The van der Waals surface area contributed by atoms with Gasteiger partial charge in [-0.05, 0) is 34.0 Å². The first-order valence-electron chi connectivity index (χ1n) is 3.77. The number of aromatic nitrogens is 2. The normalized spacial score (nSPS) is 10.1. The van der Waals surface area contributed by atoms with E-state index in [-0.39, 0.29) is 11.9 Å². The van der Waals surface area contributed by atoms with E-state index >= 15 is 0 Å². The molecule has 6 heteroatoms. The number of hydrogen-bond acceptors (Lipinski definition) is 4. The molecule has 0 fully saturated rings. The fourth-order valence-corrected chi connectivity index (χ4v) is 1.22. The van der Waals surface area contributed by atoms with Crippen molar-refractivity contribution in [2.45, 2.75) is 6.42 Å². The molecule has 0 atom stereocenters. The highest BCUT2D eigenvalue weighted by Gasteiger charge is 2.01. The molecular weight excluding hydrogens is 257 g/mol. The second-order valence-corrected chi connectivity index (χ2v) is 3.53. The first-order valence-corrected chi connectivity index (χ1v) is 4.94. The van der Waals surface area contributed by atoms with E-state index in [0.29, 0.717) is 18.8 Å². The van der Waals surface area contributed by atoms with E-state index in [1.54, 1.807) is 6.20 Å². The largest absolute Gasteiger partial charge is 0.396 e. The number of nitrogens with one attached hydrogen (secondary N) is 1. The van der Waals surface area contributed by atoms with Gasteiger partial charge in [-0.1, -0.05) is 0 Å². The van der Waals surface area contributed by atoms with E-state index in [9.17, 15) is 0 Å². The molecule has 0 spiro atoms. The van der Waals surface area contributed by atoms with Gasteiger partial charge in [-0.3, -0.25) is 0 Å². The smallest absolute Gasteiger partial charge is 0.224 e. The Morgan fingerprint density at radius 2 is 2.38 bits per heavy atom. The van der Waals surface area contributed by atoms with Gasteiger partial charge in [-0.25, -0.2) is 4.98 Å². The standard InChI is InChI=1S/C7H9BrClN3O/c8-5-4-11-7(9)12-6(5)10-2-1-3-13/h4,13H,1-3H2,(H,10,11,12). The monoisotopic (exact) mass is 265 g/mol. The van der Waals surface area contributed by atoms with E-state index in [4.69, 9.17) is 16.7 Å². The first-order chi connectivity index (χ1) is 6.24. The Morgan fingerprint density at radius 3 is 3.08 bits per heavy atom. The van der Waals surface area contributed by atoms with Crippen molar-refractivity contribution in [3.8, 4) is 0 Å². The van der Waals surface area contributed by atoms with Gasteiger partial charge in [0.25, 0.3) is 0 Å². The van der Waals surface area contributed by atoms with Gasteiger partial charge >= 0.3 is 0 Å². The summed E-state index contributed by atoms with van der Waals surface area (Å²) >= 11 is 8.87. The van der Waals surface area contributed by atoms with Gasteiger partial charge in [0.1, 0.15) is 5.82 Å². The molecule has 1 heterocycles. The Kier molecular flexibility index (Phi) is 4.41.